The monoisotopic (exact) mass is 327 g/mol. The average molecular weight is 327 g/mol. The highest BCUT2D eigenvalue weighted by Gasteiger charge is 2.53. The Hall–Kier alpha value is -1.88. The summed E-state index contributed by atoms with van der Waals surface area (Å²) in [6.45, 7) is 2.37. The van der Waals surface area contributed by atoms with Crippen molar-refractivity contribution in [3.8, 4) is 0 Å². The predicted molar refractivity (Wildman–Crippen MR) is 91.3 cm³/mol. The number of amides is 3. The molecule has 1 spiro atoms. The molecule has 0 aromatic heterocycles. The first-order valence-corrected chi connectivity index (χ1v) is 9.15. The van der Waals surface area contributed by atoms with Gasteiger partial charge in [0.05, 0.1) is 6.67 Å². The third-order valence-corrected chi connectivity index (χ3v) is 5.69. The molecule has 1 atom stereocenters. The van der Waals surface area contributed by atoms with E-state index in [2.05, 4.69) is 16.3 Å². The smallest absolute Gasteiger partial charge is 0.319 e. The van der Waals surface area contributed by atoms with Gasteiger partial charge in [0.15, 0.2) is 0 Å². The fraction of sp³-hybridized carbons (Fsp3) is 0.579. The second kappa shape index (κ2) is 6.20. The number of hydrogen-bond donors (Lipinski definition) is 1. The van der Waals surface area contributed by atoms with Crippen LogP contribution in [0.2, 0.25) is 0 Å². The number of carbonyl (C=O) groups is 2. The van der Waals surface area contributed by atoms with Crippen LogP contribution in [0.15, 0.2) is 24.3 Å². The summed E-state index contributed by atoms with van der Waals surface area (Å²) in [4.78, 5) is 29.6. The fourth-order valence-electron chi connectivity index (χ4n) is 4.40. The number of rotatable bonds is 2. The molecule has 0 bridgehead atoms. The van der Waals surface area contributed by atoms with Crippen molar-refractivity contribution in [3.05, 3.63) is 35.4 Å². The van der Waals surface area contributed by atoms with Gasteiger partial charge in [-0.15, -0.1) is 0 Å². The molecule has 2 heterocycles. The van der Waals surface area contributed by atoms with E-state index >= 15 is 0 Å². The van der Waals surface area contributed by atoms with E-state index in [1.165, 1.54) is 16.9 Å². The first kappa shape index (κ1) is 15.6. The number of hydrogen-bond acceptors (Lipinski definition) is 3. The van der Waals surface area contributed by atoms with Gasteiger partial charge in [-0.1, -0.05) is 30.7 Å². The molecule has 5 heteroatoms. The summed E-state index contributed by atoms with van der Waals surface area (Å²) in [5.74, 6) is -0.0626. The Morgan fingerprint density at radius 3 is 2.62 bits per heavy atom. The zero-order valence-electron chi connectivity index (χ0n) is 14.1. The van der Waals surface area contributed by atoms with Crippen LogP contribution in [0.25, 0.3) is 0 Å². The Kier molecular flexibility index (Phi) is 4.04. The van der Waals surface area contributed by atoms with Crippen LogP contribution >= 0.6 is 0 Å². The molecule has 2 fully saturated rings. The quantitative estimate of drug-likeness (QED) is 0.850. The van der Waals surface area contributed by atoms with E-state index in [4.69, 9.17) is 0 Å². The van der Waals surface area contributed by atoms with Crippen LogP contribution in [0, 0.1) is 0 Å². The van der Waals surface area contributed by atoms with Crippen molar-refractivity contribution in [3.63, 3.8) is 0 Å². The summed E-state index contributed by atoms with van der Waals surface area (Å²) < 4.78 is 0. The molecule has 2 aliphatic heterocycles. The molecule has 24 heavy (non-hydrogen) atoms. The standard InChI is InChI=1S/C19H25N3O2/c23-17-19(11-5-4-9-15-8-2-3-10-16(15)19)20-18(24)22(17)14-21-12-6-1-7-13-21/h2-3,8,10H,1,4-7,9,11-14H2,(H,20,24)/t19-/m0/s1. The van der Waals surface area contributed by atoms with Gasteiger partial charge in [0.1, 0.15) is 5.54 Å². The number of urea groups is 1. The molecule has 0 radical (unpaired) electrons. The highest BCUT2D eigenvalue weighted by Crippen LogP contribution is 2.39. The second-order valence-corrected chi connectivity index (χ2v) is 7.25. The molecule has 1 N–H and O–H groups in total. The molecule has 4 rings (SSSR count). The Bertz CT molecular complexity index is 654. The molecular weight excluding hydrogens is 302 g/mol. The molecule has 5 nitrogen and oxygen atoms in total. The van der Waals surface area contributed by atoms with Crippen LogP contribution in [-0.2, 0) is 16.8 Å². The van der Waals surface area contributed by atoms with E-state index in [1.54, 1.807) is 0 Å². The Morgan fingerprint density at radius 2 is 1.79 bits per heavy atom. The summed E-state index contributed by atoms with van der Waals surface area (Å²) in [6, 6.07) is 7.86. The lowest BCUT2D eigenvalue weighted by Crippen LogP contribution is -2.46. The molecule has 0 unspecified atom stereocenters. The van der Waals surface area contributed by atoms with Gasteiger partial charge in [0, 0.05) is 0 Å². The number of benzene rings is 1. The summed E-state index contributed by atoms with van der Waals surface area (Å²) in [5, 5.41) is 3.07. The Morgan fingerprint density at radius 1 is 1.00 bits per heavy atom. The maximum absolute atomic E-state index is 13.3. The van der Waals surface area contributed by atoms with E-state index in [0.717, 1.165) is 50.8 Å². The number of aryl methyl sites for hydroxylation is 1. The number of imide groups is 1. The average Bonchev–Trinajstić information content (AvgIpc) is 2.76. The maximum Gasteiger partial charge on any atom is 0.326 e. The zero-order chi connectivity index (χ0) is 16.6. The first-order chi connectivity index (χ1) is 11.7. The minimum atomic E-state index is -0.847. The van der Waals surface area contributed by atoms with Crippen LogP contribution in [-0.4, -0.2) is 41.5 Å². The molecular formula is C19H25N3O2. The number of likely N-dealkylation sites (tertiary alicyclic amines) is 1. The van der Waals surface area contributed by atoms with Crippen molar-refractivity contribution >= 4 is 11.9 Å². The predicted octanol–water partition coefficient (Wildman–Crippen LogP) is 2.60. The minimum absolute atomic E-state index is 0.0626. The van der Waals surface area contributed by atoms with E-state index in [-0.39, 0.29) is 11.9 Å². The number of piperidine rings is 1. The lowest BCUT2D eigenvalue weighted by Gasteiger charge is -2.31. The molecule has 0 saturated carbocycles. The summed E-state index contributed by atoms with van der Waals surface area (Å²) in [6.07, 6.45) is 7.24. The largest absolute Gasteiger partial charge is 0.326 e. The van der Waals surface area contributed by atoms with Gasteiger partial charge in [-0.25, -0.2) is 9.69 Å². The van der Waals surface area contributed by atoms with E-state index in [1.807, 2.05) is 18.2 Å². The van der Waals surface area contributed by atoms with Crippen LogP contribution in [0.3, 0.4) is 0 Å². The van der Waals surface area contributed by atoms with Crippen molar-refractivity contribution in [2.24, 2.45) is 0 Å². The van der Waals surface area contributed by atoms with Crippen molar-refractivity contribution in [1.29, 1.82) is 0 Å². The van der Waals surface area contributed by atoms with Crippen molar-refractivity contribution < 1.29 is 9.59 Å². The molecule has 1 aromatic carbocycles. The normalized spacial score (nSPS) is 27.9. The van der Waals surface area contributed by atoms with Crippen molar-refractivity contribution in [1.82, 2.24) is 15.1 Å². The molecule has 1 aromatic rings. The van der Waals surface area contributed by atoms with E-state index in [0.29, 0.717) is 13.1 Å². The maximum atomic E-state index is 13.3. The third kappa shape index (κ3) is 2.51. The van der Waals surface area contributed by atoms with Gasteiger partial charge in [-0.3, -0.25) is 9.69 Å². The summed E-state index contributed by atoms with van der Waals surface area (Å²) in [7, 11) is 0. The Balaban J connectivity index is 1.64. The van der Waals surface area contributed by atoms with E-state index in [9.17, 15) is 9.59 Å². The topological polar surface area (TPSA) is 52.7 Å². The van der Waals surface area contributed by atoms with Gasteiger partial charge in [0.2, 0.25) is 0 Å². The number of fused-ring (bicyclic) bond motifs is 2. The van der Waals surface area contributed by atoms with Gasteiger partial charge in [-0.2, -0.15) is 0 Å². The Labute approximate surface area is 143 Å². The number of nitrogens with one attached hydrogen (secondary N) is 1. The summed E-state index contributed by atoms with van der Waals surface area (Å²) in [5.41, 5.74) is 1.35. The lowest BCUT2D eigenvalue weighted by molar-refractivity contribution is -0.133. The summed E-state index contributed by atoms with van der Waals surface area (Å²) >= 11 is 0. The van der Waals surface area contributed by atoms with Crippen molar-refractivity contribution in [2.45, 2.75) is 50.5 Å². The van der Waals surface area contributed by atoms with Gasteiger partial charge in [-0.05, 0) is 62.7 Å². The van der Waals surface area contributed by atoms with Gasteiger partial charge < -0.3 is 5.32 Å². The van der Waals surface area contributed by atoms with E-state index < -0.39 is 5.54 Å². The fourth-order valence-corrected chi connectivity index (χ4v) is 4.40. The first-order valence-electron chi connectivity index (χ1n) is 9.15. The highest BCUT2D eigenvalue weighted by molar-refractivity contribution is 6.07. The van der Waals surface area contributed by atoms with Crippen molar-refractivity contribution in [2.75, 3.05) is 19.8 Å². The molecule has 128 valence electrons. The van der Waals surface area contributed by atoms with Gasteiger partial charge >= 0.3 is 6.03 Å². The zero-order valence-corrected chi connectivity index (χ0v) is 14.1. The van der Waals surface area contributed by atoms with Crippen LogP contribution in [0.1, 0.15) is 49.7 Å². The molecule has 2 saturated heterocycles. The molecule has 3 aliphatic rings. The van der Waals surface area contributed by atoms with Crippen LogP contribution < -0.4 is 5.32 Å². The molecule has 3 amide bonds. The minimum Gasteiger partial charge on any atom is -0.319 e. The lowest BCUT2D eigenvalue weighted by atomic mass is 9.84. The number of carbonyl (C=O) groups excluding carboxylic acids is 2. The highest BCUT2D eigenvalue weighted by atomic mass is 16.2. The number of nitrogens with zero attached hydrogens (tertiary/aromatic N) is 2. The molecule has 1 aliphatic carbocycles. The van der Waals surface area contributed by atoms with Crippen LogP contribution in [0.5, 0.6) is 0 Å². The second-order valence-electron chi connectivity index (χ2n) is 7.25. The SMILES string of the molecule is O=C1N[C@]2(CCCCc3ccccc32)C(=O)N1CN1CCCCC1. The third-order valence-electron chi connectivity index (χ3n) is 5.69. The van der Waals surface area contributed by atoms with Crippen LogP contribution in [0.4, 0.5) is 4.79 Å². The van der Waals surface area contributed by atoms with Gasteiger partial charge in [0.25, 0.3) is 5.91 Å².